The number of carbonyl (C=O) groups excluding carboxylic acids is 3. The van der Waals surface area contributed by atoms with Gasteiger partial charge in [-0.3, -0.25) is 14.4 Å². The van der Waals surface area contributed by atoms with Crippen molar-refractivity contribution in [3.63, 3.8) is 0 Å². The van der Waals surface area contributed by atoms with Crippen molar-refractivity contribution in [3.8, 4) is 0 Å². The van der Waals surface area contributed by atoms with Crippen molar-refractivity contribution in [1.82, 2.24) is 0 Å². The van der Waals surface area contributed by atoms with Crippen LogP contribution < -0.4 is 0 Å². The fraction of sp³-hybridized carbons (Fsp3) is 0.868. The molecular weight excluding hydrogens is 733 g/mol. The van der Waals surface area contributed by atoms with Crippen molar-refractivity contribution in [2.75, 3.05) is 13.2 Å². The second-order valence-corrected chi connectivity index (χ2v) is 17.4. The average molecular weight is 831 g/mol. The molecule has 0 fully saturated rings. The summed E-state index contributed by atoms with van der Waals surface area (Å²) in [7, 11) is 0. The molecule has 0 aromatic rings. The maximum Gasteiger partial charge on any atom is 0.306 e. The first-order valence-corrected chi connectivity index (χ1v) is 25.8. The molecule has 0 aromatic heterocycles. The van der Waals surface area contributed by atoms with Gasteiger partial charge in [-0.2, -0.15) is 0 Å². The second kappa shape index (κ2) is 48.6. The topological polar surface area (TPSA) is 78.9 Å². The predicted molar refractivity (Wildman–Crippen MR) is 252 cm³/mol. The molecule has 0 rings (SSSR count). The van der Waals surface area contributed by atoms with E-state index >= 15 is 0 Å². The van der Waals surface area contributed by atoms with Gasteiger partial charge in [0.05, 0.1) is 0 Å². The van der Waals surface area contributed by atoms with Crippen LogP contribution >= 0.6 is 0 Å². The van der Waals surface area contributed by atoms with Crippen LogP contribution in [-0.2, 0) is 28.6 Å². The molecular formula is C53H98O6. The molecule has 0 amide bonds. The summed E-state index contributed by atoms with van der Waals surface area (Å²) >= 11 is 0. The normalized spacial score (nSPS) is 12.1. The molecule has 0 spiro atoms. The minimum absolute atomic E-state index is 0.0747. The van der Waals surface area contributed by atoms with E-state index in [2.05, 4.69) is 45.1 Å². The third-order valence-electron chi connectivity index (χ3n) is 11.4. The Labute approximate surface area is 366 Å². The van der Waals surface area contributed by atoms with E-state index in [4.69, 9.17) is 14.2 Å². The Morgan fingerprint density at radius 3 is 0.864 bits per heavy atom. The molecule has 6 nitrogen and oxygen atoms in total. The lowest BCUT2D eigenvalue weighted by atomic mass is 10.0. The fourth-order valence-corrected chi connectivity index (χ4v) is 7.49. The third-order valence-corrected chi connectivity index (χ3v) is 11.4. The number of carbonyl (C=O) groups is 3. The zero-order valence-electron chi connectivity index (χ0n) is 39.5. The Balaban J connectivity index is 4.37. The van der Waals surface area contributed by atoms with Crippen molar-refractivity contribution in [2.24, 2.45) is 0 Å². The van der Waals surface area contributed by atoms with E-state index in [1.807, 2.05) is 0 Å². The first-order chi connectivity index (χ1) is 29.0. The third kappa shape index (κ3) is 46.8. The predicted octanol–water partition coefficient (Wildman–Crippen LogP) is 16.8. The second-order valence-electron chi connectivity index (χ2n) is 17.4. The van der Waals surface area contributed by atoms with Crippen molar-refractivity contribution in [3.05, 3.63) is 24.3 Å². The van der Waals surface area contributed by atoms with Gasteiger partial charge in [0.15, 0.2) is 6.10 Å². The standard InChI is InChI=1S/C53H98O6/c1-4-7-10-13-16-19-22-25-28-31-34-37-40-43-46-52(55)58-49-50(48-57-51(54)45-42-39-36-33-30-27-24-21-18-15-12-9-6-3)59-53(56)47-44-41-38-35-32-29-26-23-20-17-14-11-8-5-2/h21-22,24-25,50H,4-20,23,26-49H2,1-3H3/b24-21+,25-22+/t50-/m1/s1. The summed E-state index contributed by atoms with van der Waals surface area (Å²) in [5.41, 5.74) is 0. The lowest BCUT2D eigenvalue weighted by molar-refractivity contribution is -0.167. The first kappa shape index (κ1) is 56.9. The molecule has 0 bridgehead atoms. The van der Waals surface area contributed by atoms with Crippen molar-refractivity contribution < 1.29 is 28.6 Å². The van der Waals surface area contributed by atoms with Gasteiger partial charge in [-0.25, -0.2) is 0 Å². The summed E-state index contributed by atoms with van der Waals surface area (Å²) < 4.78 is 16.8. The smallest absolute Gasteiger partial charge is 0.306 e. The van der Waals surface area contributed by atoms with E-state index in [0.717, 1.165) is 70.6 Å². The number of unbranched alkanes of at least 4 members (excludes halogenated alkanes) is 32. The van der Waals surface area contributed by atoms with Gasteiger partial charge in [0.2, 0.25) is 0 Å². The van der Waals surface area contributed by atoms with Crippen LogP contribution in [0.3, 0.4) is 0 Å². The summed E-state index contributed by atoms with van der Waals surface area (Å²) in [5.74, 6) is -0.879. The molecule has 1 atom stereocenters. The zero-order valence-corrected chi connectivity index (χ0v) is 39.5. The van der Waals surface area contributed by atoms with Gasteiger partial charge in [-0.1, -0.05) is 212 Å². The summed E-state index contributed by atoms with van der Waals surface area (Å²) in [5, 5.41) is 0. The Bertz CT molecular complexity index is 958. The fourth-order valence-electron chi connectivity index (χ4n) is 7.49. The highest BCUT2D eigenvalue weighted by molar-refractivity contribution is 5.71. The first-order valence-electron chi connectivity index (χ1n) is 25.8. The van der Waals surface area contributed by atoms with Crippen LogP contribution in [0.5, 0.6) is 0 Å². The van der Waals surface area contributed by atoms with Gasteiger partial charge in [0.1, 0.15) is 13.2 Å². The van der Waals surface area contributed by atoms with Crippen LogP contribution in [0, 0.1) is 0 Å². The quantitative estimate of drug-likeness (QED) is 0.0263. The van der Waals surface area contributed by atoms with Gasteiger partial charge in [-0.05, 0) is 70.6 Å². The molecule has 0 N–H and O–H groups in total. The van der Waals surface area contributed by atoms with Gasteiger partial charge in [0, 0.05) is 19.3 Å². The van der Waals surface area contributed by atoms with Crippen molar-refractivity contribution >= 4 is 17.9 Å². The minimum atomic E-state index is -0.772. The van der Waals surface area contributed by atoms with Gasteiger partial charge < -0.3 is 14.2 Å². The molecule has 0 aromatic carbocycles. The van der Waals surface area contributed by atoms with Crippen molar-refractivity contribution in [2.45, 2.75) is 284 Å². The molecule has 0 heterocycles. The number of allylic oxidation sites excluding steroid dienone is 4. The summed E-state index contributed by atoms with van der Waals surface area (Å²) in [6.07, 6.45) is 54.4. The maximum atomic E-state index is 12.8. The maximum absolute atomic E-state index is 12.8. The molecule has 0 aliphatic heterocycles. The van der Waals surface area contributed by atoms with Crippen LogP contribution in [-0.4, -0.2) is 37.2 Å². The lowest BCUT2D eigenvalue weighted by Crippen LogP contribution is -2.30. The molecule has 346 valence electrons. The summed E-state index contributed by atoms with van der Waals surface area (Å²) in [6, 6.07) is 0. The van der Waals surface area contributed by atoms with E-state index in [0.29, 0.717) is 19.3 Å². The van der Waals surface area contributed by atoms with Crippen LogP contribution in [0.15, 0.2) is 24.3 Å². The van der Waals surface area contributed by atoms with E-state index < -0.39 is 6.10 Å². The number of ether oxygens (including phenoxy) is 3. The number of esters is 3. The highest BCUT2D eigenvalue weighted by Crippen LogP contribution is 2.15. The van der Waals surface area contributed by atoms with E-state index in [1.165, 1.54) is 167 Å². The Kier molecular flexibility index (Phi) is 46.8. The zero-order chi connectivity index (χ0) is 43.0. The number of rotatable bonds is 47. The molecule has 59 heavy (non-hydrogen) atoms. The van der Waals surface area contributed by atoms with Crippen LogP contribution in [0.4, 0.5) is 0 Å². The minimum Gasteiger partial charge on any atom is -0.462 e. The molecule has 0 saturated heterocycles. The number of hydrogen-bond acceptors (Lipinski definition) is 6. The van der Waals surface area contributed by atoms with Gasteiger partial charge in [-0.15, -0.1) is 0 Å². The van der Waals surface area contributed by atoms with Gasteiger partial charge >= 0.3 is 17.9 Å². The Hall–Kier alpha value is -2.11. The summed E-state index contributed by atoms with van der Waals surface area (Å²) in [4.78, 5) is 37.9. The average Bonchev–Trinajstić information content (AvgIpc) is 3.23. The number of hydrogen-bond donors (Lipinski definition) is 0. The highest BCUT2D eigenvalue weighted by atomic mass is 16.6. The van der Waals surface area contributed by atoms with Crippen LogP contribution in [0.1, 0.15) is 278 Å². The molecule has 0 unspecified atom stereocenters. The van der Waals surface area contributed by atoms with Crippen molar-refractivity contribution in [1.29, 1.82) is 0 Å². The molecule has 0 aliphatic rings. The Morgan fingerprint density at radius 2 is 0.559 bits per heavy atom. The van der Waals surface area contributed by atoms with E-state index in [1.54, 1.807) is 0 Å². The lowest BCUT2D eigenvalue weighted by Gasteiger charge is -2.18. The molecule has 0 saturated carbocycles. The monoisotopic (exact) mass is 831 g/mol. The van der Waals surface area contributed by atoms with Crippen LogP contribution in [0.2, 0.25) is 0 Å². The largest absolute Gasteiger partial charge is 0.462 e. The molecule has 0 radical (unpaired) electrons. The summed E-state index contributed by atoms with van der Waals surface area (Å²) in [6.45, 7) is 6.62. The van der Waals surface area contributed by atoms with E-state index in [9.17, 15) is 14.4 Å². The Morgan fingerprint density at radius 1 is 0.322 bits per heavy atom. The highest BCUT2D eigenvalue weighted by Gasteiger charge is 2.19. The molecule has 0 aliphatic carbocycles. The van der Waals surface area contributed by atoms with Gasteiger partial charge in [0.25, 0.3) is 0 Å². The molecule has 6 heteroatoms. The SMILES string of the molecule is CCCCCC/C=C/CCCCCCCC(=O)OC[C@H](COC(=O)CCCCCCC/C=C/CCCCCCC)OC(=O)CCCCCCCCCCCCCCCC. The van der Waals surface area contributed by atoms with E-state index in [-0.39, 0.29) is 31.1 Å². The van der Waals surface area contributed by atoms with Crippen LogP contribution in [0.25, 0.3) is 0 Å².